The van der Waals surface area contributed by atoms with Gasteiger partial charge in [0, 0.05) is 36.5 Å². The molecule has 6 heteroatoms. The Balaban J connectivity index is 1.44. The zero-order chi connectivity index (χ0) is 17.6. The lowest BCUT2D eigenvalue weighted by Gasteiger charge is -2.32. The van der Waals surface area contributed by atoms with Gasteiger partial charge in [-0.2, -0.15) is 0 Å². The van der Waals surface area contributed by atoms with Crippen molar-refractivity contribution in [2.75, 3.05) is 13.1 Å². The summed E-state index contributed by atoms with van der Waals surface area (Å²) in [5.74, 6) is 0.156. The quantitative estimate of drug-likeness (QED) is 0.895. The third kappa shape index (κ3) is 4.66. The van der Waals surface area contributed by atoms with Crippen LogP contribution >= 0.6 is 11.3 Å². The van der Waals surface area contributed by atoms with Crippen molar-refractivity contribution < 1.29 is 9.59 Å². The Bertz CT molecular complexity index is 722. The van der Waals surface area contributed by atoms with Crippen molar-refractivity contribution in [1.29, 1.82) is 0 Å². The third-order valence-corrected chi connectivity index (χ3v) is 5.29. The number of amides is 2. The van der Waals surface area contributed by atoms with Crippen LogP contribution in [0.2, 0.25) is 0 Å². The van der Waals surface area contributed by atoms with Crippen molar-refractivity contribution in [2.24, 2.45) is 0 Å². The van der Waals surface area contributed by atoms with Gasteiger partial charge in [0.15, 0.2) is 0 Å². The maximum Gasteiger partial charge on any atom is 0.251 e. The lowest BCUT2D eigenvalue weighted by atomic mass is 10.0. The number of nitrogens with zero attached hydrogens (tertiary/aromatic N) is 2. The van der Waals surface area contributed by atoms with Crippen LogP contribution in [0.15, 0.2) is 35.2 Å². The van der Waals surface area contributed by atoms with Crippen LogP contribution in [-0.2, 0) is 11.2 Å². The van der Waals surface area contributed by atoms with Gasteiger partial charge in [-0.1, -0.05) is 18.2 Å². The first-order valence-corrected chi connectivity index (χ1v) is 9.59. The topological polar surface area (TPSA) is 62.3 Å². The molecule has 1 N–H and O–H groups in total. The summed E-state index contributed by atoms with van der Waals surface area (Å²) >= 11 is 1.56. The number of carbonyl (C=O) groups is 2. The van der Waals surface area contributed by atoms with E-state index in [4.69, 9.17) is 0 Å². The van der Waals surface area contributed by atoms with Gasteiger partial charge < -0.3 is 10.2 Å². The Labute approximate surface area is 152 Å². The number of hydrogen-bond acceptors (Lipinski definition) is 4. The van der Waals surface area contributed by atoms with Crippen LogP contribution in [0.4, 0.5) is 0 Å². The van der Waals surface area contributed by atoms with E-state index in [0.29, 0.717) is 25.9 Å². The number of rotatable bonds is 5. The highest BCUT2D eigenvalue weighted by atomic mass is 32.1. The zero-order valence-electron chi connectivity index (χ0n) is 14.4. The molecule has 0 radical (unpaired) electrons. The summed E-state index contributed by atoms with van der Waals surface area (Å²) in [5, 5.41) is 5.09. The molecule has 2 aromatic rings. The standard InChI is InChI=1S/C19H23N3O2S/c1-14-4-2-3-5-17(14)19(24)21-15-8-10-22(11-9-15)18(23)7-6-16-12-25-13-20-16/h2-5,12-13,15H,6-11H2,1H3,(H,21,24). The lowest BCUT2D eigenvalue weighted by Crippen LogP contribution is -2.46. The molecule has 2 amide bonds. The maximum absolute atomic E-state index is 12.4. The molecule has 3 rings (SSSR count). The van der Waals surface area contributed by atoms with Crippen molar-refractivity contribution in [3.05, 3.63) is 52.0 Å². The smallest absolute Gasteiger partial charge is 0.251 e. The van der Waals surface area contributed by atoms with Crippen molar-refractivity contribution >= 4 is 23.2 Å². The molecule has 0 aliphatic carbocycles. The van der Waals surface area contributed by atoms with Crippen molar-refractivity contribution in [2.45, 2.75) is 38.6 Å². The Kier molecular flexibility index (Phi) is 5.81. The molecule has 2 heterocycles. The van der Waals surface area contributed by atoms with E-state index in [1.54, 1.807) is 16.8 Å². The van der Waals surface area contributed by atoms with Gasteiger partial charge >= 0.3 is 0 Å². The molecule has 132 valence electrons. The Hall–Kier alpha value is -2.21. The van der Waals surface area contributed by atoms with E-state index in [1.165, 1.54) is 0 Å². The van der Waals surface area contributed by atoms with E-state index in [0.717, 1.165) is 29.7 Å². The van der Waals surface area contributed by atoms with Crippen LogP contribution in [0.5, 0.6) is 0 Å². The molecule has 1 aromatic heterocycles. The van der Waals surface area contributed by atoms with Gasteiger partial charge in [0.05, 0.1) is 11.2 Å². The summed E-state index contributed by atoms with van der Waals surface area (Å²) in [6, 6.07) is 7.74. The minimum atomic E-state index is -0.0218. The predicted octanol–water partition coefficient (Wildman–Crippen LogP) is 2.81. The molecule has 0 bridgehead atoms. The highest BCUT2D eigenvalue weighted by Crippen LogP contribution is 2.15. The van der Waals surface area contributed by atoms with E-state index in [2.05, 4.69) is 10.3 Å². The molecule has 1 fully saturated rings. The molecule has 0 spiro atoms. The fourth-order valence-corrected chi connectivity index (χ4v) is 3.71. The second kappa shape index (κ2) is 8.25. The number of piperidine rings is 1. The molecule has 0 atom stereocenters. The van der Waals surface area contributed by atoms with Gasteiger partial charge in [-0.3, -0.25) is 9.59 Å². The summed E-state index contributed by atoms with van der Waals surface area (Å²) in [6.45, 7) is 3.35. The van der Waals surface area contributed by atoms with Gasteiger partial charge in [0.2, 0.25) is 5.91 Å². The first kappa shape index (κ1) is 17.6. The van der Waals surface area contributed by atoms with Crippen LogP contribution < -0.4 is 5.32 Å². The first-order chi connectivity index (χ1) is 12.1. The van der Waals surface area contributed by atoms with E-state index < -0.39 is 0 Å². The van der Waals surface area contributed by atoms with Crippen molar-refractivity contribution in [1.82, 2.24) is 15.2 Å². The lowest BCUT2D eigenvalue weighted by molar-refractivity contribution is -0.132. The molecule has 1 aliphatic heterocycles. The summed E-state index contributed by atoms with van der Waals surface area (Å²) in [4.78, 5) is 30.8. The molecular weight excluding hydrogens is 334 g/mol. The Morgan fingerprint density at radius 1 is 1.28 bits per heavy atom. The van der Waals surface area contributed by atoms with Gasteiger partial charge in [-0.15, -0.1) is 11.3 Å². The van der Waals surface area contributed by atoms with E-state index in [9.17, 15) is 9.59 Å². The van der Waals surface area contributed by atoms with E-state index in [1.807, 2.05) is 41.5 Å². The predicted molar refractivity (Wildman–Crippen MR) is 98.7 cm³/mol. The average Bonchev–Trinajstić information content (AvgIpc) is 3.14. The number of aryl methyl sites for hydroxylation is 2. The summed E-state index contributed by atoms with van der Waals surface area (Å²) < 4.78 is 0. The number of benzene rings is 1. The van der Waals surface area contributed by atoms with Crippen LogP contribution in [0.1, 0.15) is 40.9 Å². The fourth-order valence-electron chi connectivity index (χ4n) is 3.12. The number of thiazole rings is 1. The van der Waals surface area contributed by atoms with Gasteiger partial charge in [0.25, 0.3) is 5.91 Å². The molecule has 1 aromatic carbocycles. The van der Waals surface area contributed by atoms with Gasteiger partial charge in [0.1, 0.15) is 0 Å². The number of carbonyl (C=O) groups excluding carboxylic acids is 2. The summed E-state index contributed by atoms with van der Waals surface area (Å²) in [7, 11) is 0. The van der Waals surface area contributed by atoms with E-state index >= 15 is 0 Å². The highest BCUT2D eigenvalue weighted by molar-refractivity contribution is 7.07. The molecule has 5 nitrogen and oxygen atoms in total. The number of nitrogens with one attached hydrogen (secondary N) is 1. The molecule has 1 saturated heterocycles. The molecule has 25 heavy (non-hydrogen) atoms. The maximum atomic E-state index is 12.4. The summed E-state index contributed by atoms with van der Waals surface area (Å²) in [5.41, 5.74) is 4.49. The monoisotopic (exact) mass is 357 g/mol. The Morgan fingerprint density at radius 3 is 2.72 bits per heavy atom. The third-order valence-electron chi connectivity index (χ3n) is 4.65. The first-order valence-electron chi connectivity index (χ1n) is 8.65. The highest BCUT2D eigenvalue weighted by Gasteiger charge is 2.24. The molecule has 0 unspecified atom stereocenters. The fraction of sp³-hybridized carbons (Fsp3) is 0.421. The normalized spacial score (nSPS) is 15.2. The number of aromatic nitrogens is 1. The van der Waals surface area contributed by atoms with Crippen molar-refractivity contribution in [3.63, 3.8) is 0 Å². The summed E-state index contributed by atoms with van der Waals surface area (Å²) in [6.07, 6.45) is 2.82. The second-order valence-electron chi connectivity index (χ2n) is 6.42. The SMILES string of the molecule is Cc1ccccc1C(=O)NC1CCN(C(=O)CCc2cscn2)CC1. The number of hydrogen-bond donors (Lipinski definition) is 1. The van der Waals surface area contributed by atoms with Crippen LogP contribution in [0.25, 0.3) is 0 Å². The molecule has 1 aliphatic rings. The van der Waals surface area contributed by atoms with E-state index in [-0.39, 0.29) is 17.9 Å². The van der Waals surface area contributed by atoms with Crippen LogP contribution in [0, 0.1) is 6.92 Å². The Morgan fingerprint density at radius 2 is 2.04 bits per heavy atom. The van der Waals surface area contributed by atoms with Crippen LogP contribution in [0.3, 0.4) is 0 Å². The average molecular weight is 357 g/mol. The zero-order valence-corrected chi connectivity index (χ0v) is 15.2. The minimum Gasteiger partial charge on any atom is -0.349 e. The number of likely N-dealkylation sites (tertiary alicyclic amines) is 1. The van der Waals surface area contributed by atoms with Gasteiger partial charge in [-0.05, 0) is 37.8 Å². The van der Waals surface area contributed by atoms with Crippen molar-refractivity contribution in [3.8, 4) is 0 Å². The molecular formula is C19H23N3O2S. The largest absolute Gasteiger partial charge is 0.349 e. The van der Waals surface area contributed by atoms with Gasteiger partial charge in [-0.25, -0.2) is 4.98 Å². The molecule has 0 saturated carbocycles. The van der Waals surface area contributed by atoms with Crippen LogP contribution in [-0.4, -0.2) is 40.8 Å². The second-order valence-corrected chi connectivity index (χ2v) is 7.14. The minimum absolute atomic E-state index is 0.0218.